The van der Waals surface area contributed by atoms with Gasteiger partial charge in [0.1, 0.15) is 5.82 Å². The fourth-order valence-corrected chi connectivity index (χ4v) is 3.71. The molecule has 0 bridgehead atoms. The first-order valence-electron chi connectivity index (χ1n) is 10.8. The topological polar surface area (TPSA) is 28.7 Å². The third-order valence-electron chi connectivity index (χ3n) is 5.26. The van der Waals surface area contributed by atoms with Crippen molar-refractivity contribution in [1.82, 2.24) is 9.97 Å². The number of nitrogens with one attached hydrogen (secondary N) is 1. The number of rotatable bonds is 12. The quantitative estimate of drug-likeness (QED) is 0.445. The molecule has 0 amide bonds. The largest absolute Gasteiger partial charge is 0.342 e. The molecule has 0 aliphatic rings. The van der Waals surface area contributed by atoms with Gasteiger partial charge in [-0.1, -0.05) is 53.4 Å². The first-order valence-corrected chi connectivity index (χ1v) is 10.8. The maximum Gasteiger partial charge on any atom is 0.107 e. The Bertz CT molecular complexity index is 639. The first-order chi connectivity index (χ1) is 12.2. The van der Waals surface area contributed by atoms with Crippen LogP contribution in [0.25, 0.3) is 11.0 Å². The van der Waals surface area contributed by atoms with E-state index in [1.54, 1.807) is 16.7 Å². The monoisotopic (exact) mass is 342 g/mol. The summed E-state index contributed by atoms with van der Waals surface area (Å²) in [4.78, 5) is 8.67. The van der Waals surface area contributed by atoms with E-state index < -0.39 is 0 Å². The Morgan fingerprint density at radius 1 is 0.720 bits per heavy atom. The lowest BCUT2D eigenvalue weighted by molar-refractivity contribution is 0.737. The van der Waals surface area contributed by atoms with Crippen molar-refractivity contribution in [3.8, 4) is 0 Å². The Labute approximate surface area is 154 Å². The summed E-state index contributed by atoms with van der Waals surface area (Å²) in [6.07, 6.45) is 14.8. The van der Waals surface area contributed by atoms with E-state index in [1.807, 2.05) is 0 Å². The van der Waals surface area contributed by atoms with Gasteiger partial charge in [-0.3, -0.25) is 0 Å². The molecule has 25 heavy (non-hydrogen) atoms. The molecular formula is C23H38N2. The van der Waals surface area contributed by atoms with Gasteiger partial charge in [0.2, 0.25) is 0 Å². The van der Waals surface area contributed by atoms with Crippen molar-refractivity contribution in [2.75, 3.05) is 0 Å². The lowest BCUT2D eigenvalue weighted by atomic mass is 9.90. The number of imidazole rings is 1. The molecule has 0 saturated carbocycles. The Balaban J connectivity index is 2.49. The maximum atomic E-state index is 5.04. The number of benzene rings is 1. The molecule has 0 spiro atoms. The van der Waals surface area contributed by atoms with Gasteiger partial charge in [-0.25, -0.2) is 4.98 Å². The van der Waals surface area contributed by atoms with Gasteiger partial charge in [0.15, 0.2) is 0 Å². The molecule has 0 unspecified atom stereocenters. The van der Waals surface area contributed by atoms with E-state index in [2.05, 4.69) is 38.7 Å². The number of aryl methyl sites for hydroxylation is 3. The molecule has 2 heteroatoms. The van der Waals surface area contributed by atoms with Gasteiger partial charge in [-0.2, -0.15) is 0 Å². The number of H-pyrrole nitrogens is 1. The Morgan fingerprint density at radius 2 is 1.28 bits per heavy atom. The summed E-state index contributed by atoms with van der Waals surface area (Å²) in [7, 11) is 0. The zero-order chi connectivity index (χ0) is 18.1. The van der Waals surface area contributed by atoms with Crippen LogP contribution in [0.15, 0.2) is 6.07 Å². The molecule has 2 nitrogen and oxygen atoms in total. The minimum absolute atomic E-state index is 1.08. The highest BCUT2D eigenvalue weighted by Crippen LogP contribution is 2.29. The second-order valence-corrected chi connectivity index (χ2v) is 7.49. The summed E-state index contributed by atoms with van der Waals surface area (Å²) in [6, 6.07) is 2.42. The average Bonchev–Trinajstić information content (AvgIpc) is 3.03. The zero-order valence-electron chi connectivity index (χ0n) is 17.0. The van der Waals surface area contributed by atoms with Crippen LogP contribution in [0.4, 0.5) is 0 Å². The molecule has 2 aromatic rings. The summed E-state index contributed by atoms with van der Waals surface area (Å²) in [6.45, 7) is 9.14. The zero-order valence-corrected chi connectivity index (χ0v) is 17.0. The van der Waals surface area contributed by atoms with Crippen molar-refractivity contribution in [2.24, 2.45) is 0 Å². The molecule has 1 N–H and O–H groups in total. The molecule has 1 aromatic carbocycles. The SMILES string of the molecule is CCCCc1nc2c(CCCC)c(CCCC)c(CCCC)cc2[nH]1. The van der Waals surface area contributed by atoms with E-state index >= 15 is 0 Å². The van der Waals surface area contributed by atoms with Crippen LogP contribution in [0.1, 0.15) is 102 Å². The Morgan fingerprint density at radius 3 is 1.92 bits per heavy atom. The number of fused-ring (bicyclic) bond motifs is 1. The van der Waals surface area contributed by atoms with Gasteiger partial charge >= 0.3 is 0 Å². The van der Waals surface area contributed by atoms with Crippen molar-refractivity contribution >= 4 is 11.0 Å². The molecule has 2 rings (SSSR count). The Hall–Kier alpha value is -1.31. The molecule has 0 aliphatic heterocycles. The molecule has 0 atom stereocenters. The van der Waals surface area contributed by atoms with E-state index in [0.29, 0.717) is 0 Å². The third kappa shape index (κ3) is 5.33. The summed E-state index contributed by atoms with van der Waals surface area (Å²) >= 11 is 0. The standard InChI is InChI=1S/C23H38N2/c1-5-9-13-18-17-21-23(25-22(24-21)16-12-8-4)20(15-11-7-3)19(18)14-10-6-2/h17H,5-16H2,1-4H3,(H,24,25). The smallest absolute Gasteiger partial charge is 0.107 e. The highest BCUT2D eigenvalue weighted by Gasteiger charge is 2.16. The van der Waals surface area contributed by atoms with Gasteiger partial charge in [0.25, 0.3) is 0 Å². The van der Waals surface area contributed by atoms with Crippen molar-refractivity contribution < 1.29 is 0 Å². The number of aromatic amines is 1. The van der Waals surface area contributed by atoms with Crippen LogP contribution in [-0.4, -0.2) is 9.97 Å². The van der Waals surface area contributed by atoms with Crippen LogP contribution < -0.4 is 0 Å². The highest BCUT2D eigenvalue weighted by molar-refractivity contribution is 5.81. The molecule has 1 aromatic heterocycles. The van der Waals surface area contributed by atoms with Crippen molar-refractivity contribution in [2.45, 2.75) is 105 Å². The summed E-state index contributed by atoms with van der Waals surface area (Å²) < 4.78 is 0. The first kappa shape index (κ1) is 20.0. The van der Waals surface area contributed by atoms with Crippen molar-refractivity contribution in [1.29, 1.82) is 0 Å². The van der Waals surface area contributed by atoms with Crippen LogP contribution in [-0.2, 0) is 25.7 Å². The number of hydrogen-bond donors (Lipinski definition) is 1. The van der Waals surface area contributed by atoms with Crippen molar-refractivity contribution in [3.63, 3.8) is 0 Å². The van der Waals surface area contributed by atoms with Crippen LogP contribution in [0.3, 0.4) is 0 Å². The fraction of sp³-hybridized carbons (Fsp3) is 0.696. The number of unbranched alkanes of at least 4 members (excludes halogenated alkanes) is 4. The third-order valence-corrected chi connectivity index (χ3v) is 5.26. The maximum absolute atomic E-state index is 5.04. The highest BCUT2D eigenvalue weighted by atomic mass is 14.9. The number of aromatic nitrogens is 2. The van der Waals surface area contributed by atoms with Gasteiger partial charge in [-0.05, 0) is 67.7 Å². The predicted octanol–water partition coefficient (Wildman–Crippen LogP) is 6.93. The molecule has 0 saturated heterocycles. The number of hydrogen-bond acceptors (Lipinski definition) is 1. The lowest BCUT2D eigenvalue weighted by Gasteiger charge is -2.16. The van der Waals surface area contributed by atoms with E-state index in [0.717, 1.165) is 6.42 Å². The van der Waals surface area contributed by atoms with E-state index in [1.165, 1.54) is 87.5 Å². The molecule has 0 aliphatic carbocycles. The Kier molecular flexibility index (Phi) is 8.51. The second kappa shape index (κ2) is 10.6. The van der Waals surface area contributed by atoms with E-state index in [9.17, 15) is 0 Å². The summed E-state index contributed by atoms with van der Waals surface area (Å²) in [5.41, 5.74) is 7.32. The molecule has 1 heterocycles. The van der Waals surface area contributed by atoms with Crippen LogP contribution in [0.2, 0.25) is 0 Å². The van der Waals surface area contributed by atoms with Crippen molar-refractivity contribution in [3.05, 3.63) is 28.6 Å². The normalized spacial score (nSPS) is 11.5. The lowest BCUT2D eigenvalue weighted by Crippen LogP contribution is -2.03. The van der Waals surface area contributed by atoms with E-state index in [4.69, 9.17) is 4.98 Å². The van der Waals surface area contributed by atoms with Gasteiger partial charge < -0.3 is 4.98 Å². The van der Waals surface area contributed by atoms with Gasteiger partial charge in [-0.15, -0.1) is 0 Å². The number of nitrogens with zero attached hydrogens (tertiary/aromatic N) is 1. The fourth-order valence-electron chi connectivity index (χ4n) is 3.71. The predicted molar refractivity (Wildman–Crippen MR) is 111 cm³/mol. The summed E-state index contributed by atoms with van der Waals surface area (Å²) in [5.74, 6) is 1.18. The van der Waals surface area contributed by atoms with Crippen LogP contribution >= 0.6 is 0 Å². The second-order valence-electron chi connectivity index (χ2n) is 7.49. The van der Waals surface area contributed by atoms with E-state index in [-0.39, 0.29) is 0 Å². The van der Waals surface area contributed by atoms with Crippen LogP contribution in [0.5, 0.6) is 0 Å². The van der Waals surface area contributed by atoms with Gasteiger partial charge in [0.05, 0.1) is 11.0 Å². The molecule has 0 fully saturated rings. The molecular weight excluding hydrogens is 304 g/mol. The molecule has 0 radical (unpaired) electrons. The van der Waals surface area contributed by atoms with Gasteiger partial charge in [0, 0.05) is 6.42 Å². The summed E-state index contributed by atoms with van der Waals surface area (Å²) in [5, 5.41) is 0. The minimum Gasteiger partial charge on any atom is -0.342 e. The average molecular weight is 343 g/mol. The molecule has 140 valence electrons. The van der Waals surface area contributed by atoms with Crippen LogP contribution in [0, 0.1) is 0 Å². The minimum atomic E-state index is 1.08.